The molecule has 0 aliphatic heterocycles. The van der Waals surface area contributed by atoms with Crippen LogP contribution in [0.2, 0.25) is 0 Å². The van der Waals surface area contributed by atoms with Gasteiger partial charge in [0.05, 0.1) is 0 Å². The van der Waals surface area contributed by atoms with Gasteiger partial charge in [0, 0.05) is 0 Å². The number of carboxylic acids is 1. The number of allylic oxidation sites excluding steroid dienone is 1. The van der Waals surface area contributed by atoms with Gasteiger partial charge in [-0.1, -0.05) is 13.8 Å². The van der Waals surface area contributed by atoms with Crippen molar-refractivity contribution in [1.29, 1.82) is 0 Å². The molecule has 1 aliphatic rings. The van der Waals surface area contributed by atoms with E-state index in [0.717, 1.165) is 6.42 Å². The van der Waals surface area contributed by atoms with Crippen LogP contribution in [-0.2, 0) is 4.79 Å². The monoisotopic (exact) mass is 158 g/mol. The van der Waals surface area contributed by atoms with E-state index in [4.69, 9.17) is 5.11 Å². The molecule has 0 aromatic heterocycles. The lowest BCUT2D eigenvalue weighted by molar-refractivity contribution is -0.134. The second kappa shape index (κ2) is 2.32. The van der Waals surface area contributed by atoms with Crippen molar-refractivity contribution in [2.45, 2.75) is 26.7 Å². The number of halogens is 1. The average Bonchev–Trinajstić information content (AvgIpc) is 1.85. The molecule has 0 bridgehead atoms. The molecule has 1 saturated carbocycles. The van der Waals surface area contributed by atoms with Crippen LogP contribution in [0.3, 0.4) is 0 Å². The molecular weight excluding hydrogens is 147 g/mol. The normalized spacial score (nSPS) is 25.7. The van der Waals surface area contributed by atoms with Crippen LogP contribution in [-0.4, -0.2) is 11.1 Å². The van der Waals surface area contributed by atoms with E-state index in [1.165, 1.54) is 0 Å². The highest BCUT2D eigenvalue weighted by Crippen LogP contribution is 2.47. The van der Waals surface area contributed by atoms with Gasteiger partial charge in [0.25, 0.3) is 0 Å². The molecule has 1 aliphatic carbocycles. The number of carbonyl (C=O) groups is 1. The molecule has 0 aromatic carbocycles. The zero-order valence-corrected chi connectivity index (χ0v) is 6.65. The lowest BCUT2D eigenvalue weighted by Crippen LogP contribution is -2.27. The quantitative estimate of drug-likeness (QED) is 0.593. The summed E-state index contributed by atoms with van der Waals surface area (Å²) in [6.07, 6.45) is 1.47. The Balaban J connectivity index is 2.90. The molecule has 0 unspecified atom stereocenters. The molecule has 0 saturated heterocycles. The second-order valence-electron chi connectivity index (χ2n) is 3.48. The fourth-order valence-corrected chi connectivity index (χ4v) is 1.29. The maximum Gasteiger partial charge on any atom is 0.364 e. The molecule has 1 rings (SSSR count). The summed E-state index contributed by atoms with van der Waals surface area (Å²) in [5.74, 6) is -2.39. The number of hydrogen-bond acceptors (Lipinski definition) is 1. The van der Waals surface area contributed by atoms with E-state index in [1.54, 1.807) is 0 Å². The third kappa shape index (κ3) is 1.27. The van der Waals surface area contributed by atoms with Crippen molar-refractivity contribution in [3.8, 4) is 0 Å². The zero-order valence-electron chi connectivity index (χ0n) is 6.65. The number of rotatable bonds is 1. The number of aliphatic carboxylic acids is 1. The van der Waals surface area contributed by atoms with E-state index in [9.17, 15) is 9.18 Å². The van der Waals surface area contributed by atoms with Gasteiger partial charge in [0.2, 0.25) is 5.83 Å². The fraction of sp³-hybridized carbons (Fsp3) is 0.625. The minimum atomic E-state index is -1.44. The van der Waals surface area contributed by atoms with Crippen molar-refractivity contribution in [3.63, 3.8) is 0 Å². The van der Waals surface area contributed by atoms with Crippen LogP contribution >= 0.6 is 0 Å². The van der Waals surface area contributed by atoms with Crippen LogP contribution in [0.4, 0.5) is 4.39 Å². The molecule has 0 spiro atoms. The van der Waals surface area contributed by atoms with Crippen molar-refractivity contribution in [3.05, 3.63) is 11.4 Å². The highest BCUT2D eigenvalue weighted by Gasteiger charge is 2.37. The molecule has 0 aromatic rings. The Morgan fingerprint density at radius 2 is 2.18 bits per heavy atom. The lowest BCUT2D eigenvalue weighted by Gasteiger charge is -2.37. The molecule has 11 heavy (non-hydrogen) atoms. The third-order valence-electron chi connectivity index (χ3n) is 2.27. The molecule has 3 heteroatoms. The lowest BCUT2D eigenvalue weighted by atomic mass is 9.67. The fourth-order valence-electron chi connectivity index (χ4n) is 1.29. The van der Waals surface area contributed by atoms with Gasteiger partial charge in [-0.3, -0.25) is 0 Å². The van der Waals surface area contributed by atoms with E-state index in [-0.39, 0.29) is 5.41 Å². The Hall–Kier alpha value is -0.860. The maximum absolute atomic E-state index is 12.7. The molecule has 0 amide bonds. The predicted molar refractivity (Wildman–Crippen MR) is 38.8 cm³/mol. The van der Waals surface area contributed by atoms with Crippen LogP contribution in [0, 0.1) is 5.41 Å². The zero-order chi connectivity index (χ0) is 8.65. The van der Waals surface area contributed by atoms with Gasteiger partial charge in [-0.15, -0.1) is 0 Å². The Labute approximate surface area is 64.7 Å². The van der Waals surface area contributed by atoms with Crippen LogP contribution in [0.1, 0.15) is 26.7 Å². The Morgan fingerprint density at radius 1 is 1.64 bits per heavy atom. The largest absolute Gasteiger partial charge is 0.476 e. The van der Waals surface area contributed by atoms with Crippen LogP contribution in [0.15, 0.2) is 11.4 Å². The standard InChI is InChI=1S/C8H11FO2/c1-8(2)4-3-5(8)6(9)7(10)11/h3-4H2,1-2H3,(H,10,11)/b6-5+. The van der Waals surface area contributed by atoms with Crippen molar-refractivity contribution < 1.29 is 14.3 Å². The minimum Gasteiger partial charge on any atom is -0.476 e. The van der Waals surface area contributed by atoms with Gasteiger partial charge in [-0.2, -0.15) is 4.39 Å². The third-order valence-corrected chi connectivity index (χ3v) is 2.27. The first-order chi connectivity index (χ1) is 4.95. The number of carboxylic acid groups (broad SMARTS) is 1. The van der Waals surface area contributed by atoms with E-state index in [2.05, 4.69) is 0 Å². The first-order valence-electron chi connectivity index (χ1n) is 3.57. The van der Waals surface area contributed by atoms with E-state index in [1.807, 2.05) is 13.8 Å². The van der Waals surface area contributed by atoms with E-state index in [0.29, 0.717) is 12.0 Å². The Bertz CT molecular complexity index is 228. The Kier molecular flexibility index (Phi) is 1.74. The molecule has 1 fully saturated rings. The maximum atomic E-state index is 12.7. The van der Waals surface area contributed by atoms with Gasteiger partial charge in [0.1, 0.15) is 0 Å². The number of hydrogen-bond donors (Lipinski definition) is 1. The first-order valence-corrected chi connectivity index (χ1v) is 3.57. The summed E-state index contributed by atoms with van der Waals surface area (Å²) in [7, 11) is 0. The summed E-state index contributed by atoms with van der Waals surface area (Å²) in [6.45, 7) is 3.71. The van der Waals surface area contributed by atoms with Crippen molar-refractivity contribution >= 4 is 5.97 Å². The van der Waals surface area contributed by atoms with Crippen LogP contribution < -0.4 is 0 Å². The average molecular weight is 158 g/mol. The molecule has 0 radical (unpaired) electrons. The Morgan fingerprint density at radius 3 is 2.27 bits per heavy atom. The van der Waals surface area contributed by atoms with Gasteiger partial charge >= 0.3 is 5.97 Å². The van der Waals surface area contributed by atoms with Crippen molar-refractivity contribution in [2.24, 2.45) is 5.41 Å². The summed E-state index contributed by atoms with van der Waals surface area (Å²) < 4.78 is 12.7. The topological polar surface area (TPSA) is 37.3 Å². The summed E-state index contributed by atoms with van der Waals surface area (Å²) in [6, 6.07) is 0. The molecular formula is C8H11FO2. The van der Waals surface area contributed by atoms with Crippen molar-refractivity contribution in [2.75, 3.05) is 0 Å². The summed E-state index contributed by atoms with van der Waals surface area (Å²) in [5, 5.41) is 8.32. The van der Waals surface area contributed by atoms with Crippen LogP contribution in [0.5, 0.6) is 0 Å². The van der Waals surface area contributed by atoms with Gasteiger partial charge in [0.15, 0.2) is 0 Å². The molecule has 0 atom stereocenters. The minimum absolute atomic E-state index is 0.234. The summed E-state index contributed by atoms with van der Waals surface area (Å²) >= 11 is 0. The predicted octanol–water partition coefficient (Wildman–Crippen LogP) is 2.11. The molecule has 2 nitrogen and oxygen atoms in total. The van der Waals surface area contributed by atoms with Gasteiger partial charge in [-0.05, 0) is 23.8 Å². The van der Waals surface area contributed by atoms with Gasteiger partial charge < -0.3 is 5.11 Å². The van der Waals surface area contributed by atoms with E-state index < -0.39 is 11.8 Å². The highest BCUT2D eigenvalue weighted by molar-refractivity contribution is 5.85. The highest BCUT2D eigenvalue weighted by atomic mass is 19.1. The summed E-state index contributed by atoms with van der Waals surface area (Å²) in [5.41, 5.74) is 0.215. The smallest absolute Gasteiger partial charge is 0.364 e. The summed E-state index contributed by atoms with van der Waals surface area (Å²) in [4.78, 5) is 10.2. The molecule has 62 valence electrons. The van der Waals surface area contributed by atoms with Gasteiger partial charge in [-0.25, -0.2) is 4.79 Å². The van der Waals surface area contributed by atoms with Crippen molar-refractivity contribution in [1.82, 2.24) is 0 Å². The molecule has 0 heterocycles. The second-order valence-corrected chi connectivity index (χ2v) is 3.48. The SMILES string of the molecule is CC1(C)CC/C1=C(\F)C(=O)O. The first kappa shape index (κ1) is 8.24. The van der Waals surface area contributed by atoms with E-state index >= 15 is 0 Å². The van der Waals surface area contributed by atoms with Crippen LogP contribution in [0.25, 0.3) is 0 Å². The molecule has 1 N–H and O–H groups in total.